The first-order valence-corrected chi connectivity index (χ1v) is 7.73. The quantitative estimate of drug-likeness (QED) is 0.706. The highest BCUT2D eigenvalue weighted by molar-refractivity contribution is 7.99. The van der Waals surface area contributed by atoms with Gasteiger partial charge in [-0.25, -0.2) is 0 Å². The average Bonchev–Trinajstić information content (AvgIpc) is 3.07. The molecule has 98 valence electrons. The molecule has 0 radical (unpaired) electrons. The second kappa shape index (κ2) is 5.48. The highest BCUT2D eigenvalue weighted by atomic mass is 32.2. The number of thioether (sulfide) groups is 1. The van der Waals surface area contributed by atoms with Crippen LogP contribution < -0.4 is 0 Å². The summed E-state index contributed by atoms with van der Waals surface area (Å²) in [6.45, 7) is 6.27. The first-order chi connectivity index (χ1) is 8.56. The molecule has 1 aromatic carbocycles. The largest absolute Gasteiger partial charge is 0.300 e. The fraction of sp³-hybridized carbons (Fsp3) is 0.562. The molecule has 1 aliphatic carbocycles. The Kier molecular flexibility index (Phi) is 4.16. The number of benzene rings is 1. The van der Waals surface area contributed by atoms with Crippen LogP contribution in [-0.4, -0.2) is 11.5 Å². The van der Waals surface area contributed by atoms with Gasteiger partial charge in [0.1, 0.15) is 5.78 Å². The van der Waals surface area contributed by atoms with Gasteiger partial charge in [-0.2, -0.15) is 0 Å². The van der Waals surface area contributed by atoms with Crippen LogP contribution >= 0.6 is 11.8 Å². The lowest BCUT2D eigenvalue weighted by Gasteiger charge is -2.21. The zero-order chi connectivity index (χ0) is 13.2. The average molecular weight is 262 g/mol. The second-order valence-corrected chi connectivity index (χ2v) is 6.84. The summed E-state index contributed by atoms with van der Waals surface area (Å²) in [4.78, 5) is 12.9. The van der Waals surface area contributed by atoms with Gasteiger partial charge in [0.05, 0.1) is 0 Å². The minimum atomic E-state index is 0.299. The van der Waals surface area contributed by atoms with E-state index in [0.717, 1.165) is 18.6 Å². The lowest BCUT2D eigenvalue weighted by molar-refractivity contribution is -0.119. The van der Waals surface area contributed by atoms with Crippen LogP contribution in [0, 0.1) is 17.3 Å². The number of Topliss-reactive ketones (excluding diaryl/α,β-unsaturated/α-hetero) is 1. The van der Waals surface area contributed by atoms with Gasteiger partial charge < -0.3 is 0 Å². The molecule has 0 spiro atoms. The third-order valence-corrected chi connectivity index (χ3v) is 5.35. The Morgan fingerprint density at radius 3 is 2.56 bits per heavy atom. The summed E-state index contributed by atoms with van der Waals surface area (Å²) in [5, 5.41) is 0. The summed E-state index contributed by atoms with van der Waals surface area (Å²) in [6.07, 6.45) is 2.27. The third-order valence-electron chi connectivity index (χ3n) is 4.34. The first-order valence-electron chi connectivity index (χ1n) is 6.74. The van der Waals surface area contributed by atoms with E-state index in [1.165, 1.54) is 4.90 Å². The molecule has 1 nitrogen and oxygen atoms in total. The van der Waals surface area contributed by atoms with Crippen molar-refractivity contribution in [3.05, 3.63) is 30.3 Å². The second-order valence-electron chi connectivity index (χ2n) is 5.67. The lowest BCUT2D eigenvalue weighted by Crippen LogP contribution is -2.16. The van der Waals surface area contributed by atoms with E-state index in [0.29, 0.717) is 23.0 Å². The van der Waals surface area contributed by atoms with Crippen molar-refractivity contribution in [2.45, 2.75) is 38.5 Å². The van der Waals surface area contributed by atoms with Crippen LogP contribution in [0.4, 0.5) is 0 Å². The molecule has 0 amide bonds. The van der Waals surface area contributed by atoms with Crippen molar-refractivity contribution in [1.82, 2.24) is 0 Å². The van der Waals surface area contributed by atoms with Gasteiger partial charge in [-0.05, 0) is 49.0 Å². The summed E-state index contributed by atoms with van der Waals surface area (Å²) >= 11 is 1.91. The zero-order valence-electron chi connectivity index (χ0n) is 11.5. The predicted octanol–water partition coefficient (Wildman–Crippen LogP) is 4.42. The summed E-state index contributed by atoms with van der Waals surface area (Å²) < 4.78 is 0. The fourth-order valence-corrected chi connectivity index (χ4v) is 4.02. The molecule has 0 aromatic heterocycles. The molecule has 18 heavy (non-hydrogen) atoms. The van der Waals surface area contributed by atoms with Gasteiger partial charge in [0.15, 0.2) is 0 Å². The van der Waals surface area contributed by atoms with Gasteiger partial charge in [0.25, 0.3) is 0 Å². The van der Waals surface area contributed by atoms with E-state index >= 15 is 0 Å². The fourth-order valence-electron chi connectivity index (χ4n) is 2.95. The van der Waals surface area contributed by atoms with E-state index in [1.807, 2.05) is 17.8 Å². The van der Waals surface area contributed by atoms with E-state index in [1.54, 1.807) is 6.92 Å². The molecule has 2 heteroatoms. The number of ketones is 1. The van der Waals surface area contributed by atoms with Gasteiger partial charge in [-0.1, -0.05) is 32.0 Å². The number of carbonyl (C=O) groups excluding carboxylic acids is 1. The molecule has 0 bridgehead atoms. The molecule has 2 rings (SSSR count). The van der Waals surface area contributed by atoms with Crippen molar-refractivity contribution < 1.29 is 4.79 Å². The summed E-state index contributed by atoms with van der Waals surface area (Å²) in [5.41, 5.74) is 0.299. The van der Waals surface area contributed by atoms with Crippen LogP contribution in [-0.2, 0) is 4.79 Å². The maximum absolute atomic E-state index is 11.6. The zero-order valence-corrected chi connectivity index (χ0v) is 12.3. The van der Waals surface area contributed by atoms with Crippen LogP contribution in [0.3, 0.4) is 0 Å². The van der Waals surface area contributed by atoms with Crippen molar-refractivity contribution >= 4 is 17.5 Å². The molecule has 0 heterocycles. The van der Waals surface area contributed by atoms with Crippen LogP contribution in [0.1, 0.15) is 33.6 Å². The third kappa shape index (κ3) is 2.80. The molecular formula is C16H22OS. The highest BCUT2D eigenvalue weighted by Crippen LogP contribution is 2.61. The molecule has 2 atom stereocenters. The minimum absolute atomic E-state index is 0.299. The van der Waals surface area contributed by atoms with E-state index < -0.39 is 0 Å². The summed E-state index contributed by atoms with van der Waals surface area (Å²) in [7, 11) is 0. The van der Waals surface area contributed by atoms with Crippen molar-refractivity contribution in [3.8, 4) is 0 Å². The van der Waals surface area contributed by atoms with Crippen molar-refractivity contribution in [3.63, 3.8) is 0 Å². The van der Waals surface area contributed by atoms with E-state index in [-0.39, 0.29) is 0 Å². The molecule has 0 N–H and O–H groups in total. The topological polar surface area (TPSA) is 17.1 Å². The minimum Gasteiger partial charge on any atom is -0.300 e. The monoisotopic (exact) mass is 262 g/mol. The van der Waals surface area contributed by atoms with E-state index in [9.17, 15) is 4.79 Å². The Morgan fingerprint density at radius 1 is 1.39 bits per heavy atom. The van der Waals surface area contributed by atoms with Gasteiger partial charge in [-0.15, -0.1) is 11.8 Å². The van der Waals surface area contributed by atoms with Gasteiger partial charge in [0, 0.05) is 10.8 Å². The Morgan fingerprint density at radius 2 is 2.06 bits per heavy atom. The Labute approximate surface area is 114 Å². The maximum Gasteiger partial charge on any atom is 0.133 e. The lowest BCUT2D eigenvalue weighted by atomic mass is 9.86. The standard InChI is InChI=1S/C16H22OS/c1-12(2)16(11-15(16)13(3)17)9-10-18-14-7-5-4-6-8-14/h4-8,12,15H,9-11H2,1-3H3/t15?,16-/m0/s1. The Hall–Kier alpha value is -0.760. The predicted molar refractivity (Wildman–Crippen MR) is 77.8 cm³/mol. The maximum atomic E-state index is 11.6. The molecule has 0 aliphatic heterocycles. The van der Waals surface area contributed by atoms with Gasteiger partial charge in [-0.3, -0.25) is 4.79 Å². The smallest absolute Gasteiger partial charge is 0.133 e. The normalized spacial score (nSPS) is 26.3. The summed E-state index contributed by atoms with van der Waals surface area (Å²) in [5.74, 6) is 2.44. The van der Waals surface area contributed by atoms with Gasteiger partial charge in [0.2, 0.25) is 0 Å². The van der Waals surface area contributed by atoms with E-state index in [2.05, 4.69) is 38.1 Å². The number of hydrogen-bond donors (Lipinski definition) is 0. The Balaban J connectivity index is 1.87. The Bertz CT molecular complexity index is 412. The number of hydrogen-bond acceptors (Lipinski definition) is 2. The van der Waals surface area contributed by atoms with Crippen molar-refractivity contribution in [1.29, 1.82) is 0 Å². The van der Waals surface area contributed by atoms with E-state index in [4.69, 9.17) is 0 Å². The SMILES string of the molecule is CC(=O)C1C[C@@]1(CCSc1ccccc1)C(C)C. The van der Waals surface area contributed by atoms with Crippen LogP contribution in [0.2, 0.25) is 0 Å². The van der Waals surface area contributed by atoms with Crippen molar-refractivity contribution in [2.24, 2.45) is 17.3 Å². The highest BCUT2D eigenvalue weighted by Gasteiger charge is 2.57. The molecule has 1 fully saturated rings. The first kappa shape index (κ1) is 13.7. The molecular weight excluding hydrogens is 240 g/mol. The van der Waals surface area contributed by atoms with Crippen LogP contribution in [0.15, 0.2) is 35.2 Å². The molecule has 1 aromatic rings. The molecule has 0 saturated heterocycles. The van der Waals surface area contributed by atoms with Crippen LogP contribution in [0.5, 0.6) is 0 Å². The van der Waals surface area contributed by atoms with Gasteiger partial charge >= 0.3 is 0 Å². The number of rotatable bonds is 6. The molecule has 1 aliphatic rings. The molecule has 1 unspecified atom stereocenters. The van der Waals surface area contributed by atoms with Crippen molar-refractivity contribution in [2.75, 3.05) is 5.75 Å². The van der Waals surface area contributed by atoms with Crippen LogP contribution in [0.25, 0.3) is 0 Å². The molecule has 1 saturated carbocycles. The number of carbonyl (C=O) groups is 1. The summed E-state index contributed by atoms with van der Waals surface area (Å²) in [6, 6.07) is 10.5.